The normalized spacial score (nSPS) is 18.3. The Morgan fingerprint density at radius 2 is 2.17 bits per heavy atom. The second-order valence-electron chi connectivity index (χ2n) is 7.73. The predicted octanol–water partition coefficient (Wildman–Crippen LogP) is 3.71. The number of alkyl carbamates (subject to hydrolysis) is 1. The first-order valence-electron chi connectivity index (χ1n) is 8.82. The molecule has 5 heteroatoms. The van der Waals surface area contributed by atoms with Crippen LogP contribution in [0, 0.1) is 12.8 Å². The van der Waals surface area contributed by atoms with Gasteiger partial charge in [-0.2, -0.15) is 0 Å². The summed E-state index contributed by atoms with van der Waals surface area (Å²) >= 11 is 0. The number of hydrogen-bond acceptors (Lipinski definition) is 4. The summed E-state index contributed by atoms with van der Waals surface area (Å²) in [6, 6.07) is 6.19. The lowest BCUT2D eigenvalue weighted by Gasteiger charge is -2.35. The van der Waals surface area contributed by atoms with Gasteiger partial charge in [-0.3, -0.25) is 0 Å². The molecule has 1 fully saturated rings. The van der Waals surface area contributed by atoms with Crippen LogP contribution >= 0.6 is 0 Å². The minimum atomic E-state index is -0.450. The molecule has 1 unspecified atom stereocenters. The van der Waals surface area contributed by atoms with Gasteiger partial charge < -0.3 is 20.7 Å². The van der Waals surface area contributed by atoms with Crippen LogP contribution in [0.15, 0.2) is 18.2 Å². The Hall–Kier alpha value is -1.91. The molecule has 1 heterocycles. The lowest BCUT2D eigenvalue weighted by atomic mass is 9.94. The molecule has 1 aromatic rings. The zero-order valence-electron chi connectivity index (χ0n) is 15.4. The van der Waals surface area contributed by atoms with Crippen molar-refractivity contribution in [2.75, 3.05) is 30.3 Å². The summed E-state index contributed by atoms with van der Waals surface area (Å²) in [6.45, 7) is 10.4. The molecule has 1 aliphatic rings. The van der Waals surface area contributed by atoms with Crippen molar-refractivity contribution in [3.8, 4) is 0 Å². The van der Waals surface area contributed by atoms with Crippen LogP contribution in [0.3, 0.4) is 0 Å². The van der Waals surface area contributed by atoms with E-state index in [4.69, 9.17) is 10.5 Å². The van der Waals surface area contributed by atoms with Gasteiger partial charge in [-0.1, -0.05) is 6.07 Å². The maximum Gasteiger partial charge on any atom is 0.407 e. The third-order valence-electron chi connectivity index (χ3n) is 4.27. The number of ether oxygens (including phenoxy) is 1. The van der Waals surface area contributed by atoms with E-state index in [-0.39, 0.29) is 6.09 Å². The summed E-state index contributed by atoms with van der Waals surface area (Å²) in [6.07, 6.45) is 2.97. The Labute approximate surface area is 145 Å². The van der Waals surface area contributed by atoms with Crippen molar-refractivity contribution in [2.24, 2.45) is 5.92 Å². The highest BCUT2D eigenvalue weighted by Crippen LogP contribution is 2.29. The minimum absolute atomic E-state index is 0.335. The van der Waals surface area contributed by atoms with Gasteiger partial charge in [0.25, 0.3) is 0 Å². The standard InChI is InChI=1S/C19H31N3O2/c1-14-7-8-16(20)17(12-14)22-11-5-6-15(13-22)9-10-21-18(23)24-19(2,3)4/h7-8,12,15H,5-6,9-11,13,20H2,1-4H3,(H,21,23). The lowest BCUT2D eigenvalue weighted by Crippen LogP contribution is -2.38. The molecule has 0 aliphatic carbocycles. The Kier molecular flexibility index (Phi) is 5.97. The van der Waals surface area contributed by atoms with E-state index in [1.54, 1.807) is 0 Å². The van der Waals surface area contributed by atoms with Gasteiger partial charge in [0.15, 0.2) is 0 Å². The van der Waals surface area contributed by atoms with E-state index in [1.807, 2.05) is 32.9 Å². The Balaban J connectivity index is 1.83. The molecule has 0 spiro atoms. The molecule has 1 amide bonds. The zero-order valence-corrected chi connectivity index (χ0v) is 15.4. The van der Waals surface area contributed by atoms with Gasteiger partial charge in [-0.25, -0.2) is 4.79 Å². The van der Waals surface area contributed by atoms with Crippen molar-refractivity contribution in [2.45, 2.75) is 52.6 Å². The number of nitrogens with one attached hydrogen (secondary N) is 1. The number of rotatable bonds is 4. The predicted molar refractivity (Wildman–Crippen MR) is 99.4 cm³/mol. The monoisotopic (exact) mass is 333 g/mol. The summed E-state index contributed by atoms with van der Waals surface area (Å²) < 4.78 is 5.27. The summed E-state index contributed by atoms with van der Waals surface area (Å²) in [5, 5.41) is 2.86. The number of nitrogens with two attached hydrogens (primary N) is 1. The molecule has 0 bridgehead atoms. The third-order valence-corrected chi connectivity index (χ3v) is 4.27. The summed E-state index contributed by atoms with van der Waals surface area (Å²) in [4.78, 5) is 14.1. The van der Waals surface area contributed by atoms with Crippen LogP contribution in [0.5, 0.6) is 0 Å². The van der Waals surface area contributed by atoms with E-state index in [2.05, 4.69) is 23.2 Å². The molecule has 5 nitrogen and oxygen atoms in total. The number of nitrogens with zero attached hydrogens (tertiary/aromatic N) is 1. The zero-order chi connectivity index (χ0) is 17.7. The number of carbonyl (C=O) groups is 1. The van der Waals surface area contributed by atoms with Gasteiger partial charge >= 0.3 is 6.09 Å². The van der Waals surface area contributed by atoms with E-state index in [0.717, 1.165) is 37.3 Å². The summed E-state index contributed by atoms with van der Waals surface area (Å²) in [5.74, 6) is 0.564. The topological polar surface area (TPSA) is 67.6 Å². The van der Waals surface area contributed by atoms with E-state index in [1.165, 1.54) is 12.0 Å². The third kappa shape index (κ3) is 5.62. The second kappa shape index (κ2) is 7.77. The van der Waals surface area contributed by atoms with Crippen molar-refractivity contribution in [1.29, 1.82) is 0 Å². The quantitative estimate of drug-likeness (QED) is 0.824. The number of nitrogen functional groups attached to an aromatic ring is 1. The molecule has 1 aromatic carbocycles. The maximum absolute atomic E-state index is 11.7. The van der Waals surface area contributed by atoms with Crippen molar-refractivity contribution in [1.82, 2.24) is 5.32 Å². The van der Waals surface area contributed by atoms with E-state index >= 15 is 0 Å². The van der Waals surface area contributed by atoms with Crippen molar-refractivity contribution in [3.05, 3.63) is 23.8 Å². The number of piperidine rings is 1. The number of amides is 1. The summed E-state index contributed by atoms with van der Waals surface area (Å²) in [5.41, 5.74) is 8.91. The molecule has 1 saturated heterocycles. The first kappa shape index (κ1) is 18.4. The molecule has 1 atom stereocenters. The van der Waals surface area contributed by atoms with Gasteiger partial charge in [-0.15, -0.1) is 0 Å². The van der Waals surface area contributed by atoms with E-state index in [0.29, 0.717) is 12.5 Å². The van der Waals surface area contributed by atoms with Crippen LogP contribution in [0.25, 0.3) is 0 Å². The highest BCUT2D eigenvalue weighted by Gasteiger charge is 2.22. The average Bonchev–Trinajstić information content (AvgIpc) is 2.48. The van der Waals surface area contributed by atoms with Gasteiger partial charge in [0.1, 0.15) is 5.60 Å². The second-order valence-corrected chi connectivity index (χ2v) is 7.73. The van der Waals surface area contributed by atoms with Crippen LogP contribution in [-0.4, -0.2) is 31.3 Å². The fraction of sp³-hybridized carbons (Fsp3) is 0.632. The number of hydrogen-bond donors (Lipinski definition) is 2. The van der Waals surface area contributed by atoms with Gasteiger partial charge in [0, 0.05) is 19.6 Å². The van der Waals surface area contributed by atoms with Crippen molar-refractivity contribution < 1.29 is 9.53 Å². The van der Waals surface area contributed by atoms with Gasteiger partial charge in [-0.05, 0) is 70.6 Å². The van der Waals surface area contributed by atoms with Gasteiger partial charge in [0.2, 0.25) is 0 Å². The van der Waals surface area contributed by atoms with E-state index in [9.17, 15) is 4.79 Å². The molecule has 1 aliphatic heterocycles. The molecular formula is C19H31N3O2. The molecule has 3 N–H and O–H groups in total. The molecule has 0 saturated carbocycles. The summed E-state index contributed by atoms with van der Waals surface area (Å²) in [7, 11) is 0. The molecular weight excluding hydrogens is 302 g/mol. The number of anilines is 2. The van der Waals surface area contributed by atoms with Crippen LogP contribution in [0.1, 0.15) is 45.6 Å². The average molecular weight is 333 g/mol. The number of benzene rings is 1. The molecule has 0 aromatic heterocycles. The fourth-order valence-electron chi connectivity index (χ4n) is 3.14. The molecule has 134 valence electrons. The van der Waals surface area contributed by atoms with Crippen molar-refractivity contribution >= 4 is 17.5 Å². The van der Waals surface area contributed by atoms with Crippen LogP contribution in [-0.2, 0) is 4.74 Å². The van der Waals surface area contributed by atoms with Crippen LogP contribution in [0.2, 0.25) is 0 Å². The number of aryl methyl sites for hydroxylation is 1. The highest BCUT2D eigenvalue weighted by atomic mass is 16.6. The van der Waals surface area contributed by atoms with Crippen LogP contribution in [0.4, 0.5) is 16.2 Å². The molecule has 24 heavy (non-hydrogen) atoms. The first-order valence-corrected chi connectivity index (χ1v) is 8.82. The highest BCUT2D eigenvalue weighted by molar-refractivity contribution is 5.69. The van der Waals surface area contributed by atoms with Crippen LogP contribution < -0.4 is 16.0 Å². The lowest BCUT2D eigenvalue weighted by molar-refractivity contribution is 0.0524. The Morgan fingerprint density at radius 3 is 2.88 bits per heavy atom. The van der Waals surface area contributed by atoms with E-state index < -0.39 is 5.60 Å². The largest absolute Gasteiger partial charge is 0.444 e. The molecule has 2 rings (SSSR count). The molecule has 0 radical (unpaired) electrons. The van der Waals surface area contributed by atoms with Gasteiger partial charge in [0.05, 0.1) is 11.4 Å². The minimum Gasteiger partial charge on any atom is -0.444 e. The maximum atomic E-state index is 11.7. The Morgan fingerprint density at radius 1 is 1.42 bits per heavy atom. The Bertz CT molecular complexity index is 566. The fourth-order valence-corrected chi connectivity index (χ4v) is 3.14. The first-order chi connectivity index (χ1) is 11.2. The smallest absolute Gasteiger partial charge is 0.407 e. The SMILES string of the molecule is Cc1ccc(N)c(N2CCCC(CCNC(=O)OC(C)(C)C)C2)c1. The number of carbonyl (C=O) groups excluding carboxylic acids is 1. The van der Waals surface area contributed by atoms with Crippen molar-refractivity contribution in [3.63, 3.8) is 0 Å².